The molecule has 0 aliphatic rings. The van der Waals surface area contributed by atoms with E-state index in [0.29, 0.717) is 0 Å². The number of halogens is 1. The van der Waals surface area contributed by atoms with Crippen LogP contribution in [0.1, 0.15) is 24.3 Å². The van der Waals surface area contributed by atoms with Gasteiger partial charge in [-0.25, -0.2) is 0 Å². The average Bonchev–Trinajstić information content (AvgIpc) is 2.99. The minimum Gasteiger partial charge on any atom is -0.497 e. The predicted octanol–water partition coefficient (Wildman–Crippen LogP) is 4.38. The molecule has 0 saturated carbocycles. The van der Waals surface area contributed by atoms with Gasteiger partial charge in [-0.15, -0.1) is 11.3 Å². The standard InChI is InChI=1S/C15H18BrNO2S/c1-3-12(17)15(14-5-4-8-20-14)19-13-7-6-10(18-2)9-11(13)16/h4-9,12,15H,3,17H2,1-2H3. The van der Waals surface area contributed by atoms with Gasteiger partial charge < -0.3 is 15.2 Å². The molecular weight excluding hydrogens is 338 g/mol. The van der Waals surface area contributed by atoms with Gasteiger partial charge in [-0.3, -0.25) is 0 Å². The first-order valence-electron chi connectivity index (χ1n) is 6.45. The Morgan fingerprint density at radius 3 is 2.70 bits per heavy atom. The summed E-state index contributed by atoms with van der Waals surface area (Å²) in [5, 5.41) is 2.04. The monoisotopic (exact) mass is 355 g/mol. The SMILES string of the molecule is CCC(N)C(Oc1ccc(OC)cc1Br)c1cccs1. The molecule has 0 aliphatic carbocycles. The number of thiophene rings is 1. The van der Waals surface area contributed by atoms with Crippen LogP contribution in [0.5, 0.6) is 11.5 Å². The fourth-order valence-electron chi connectivity index (χ4n) is 1.86. The van der Waals surface area contributed by atoms with Gasteiger partial charge >= 0.3 is 0 Å². The van der Waals surface area contributed by atoms with E-state index in [1.165, 1.54) is 0 Å². The van der Waals surface area contributed by atoms with Gasteiger partial charge in [0.05, 0.1) is 11.6 Å². The van der Waals surface area contributed by atoms with Crippen molar-refractivity contribution in [1.82, 2.24) is 0 Å². The maximum Gasteiger partial charge on any atom is 0.148 e. The number of ether oxygens (including phenoxy) is 2. The lowest BCUT2D eigenvalue weighted by atomic mass is 10.1. The van der Waals surface area contributed by atoms with Crippen LogP contribution in [0.2, 0.25) is 0 Å². The molecule has 5 heteroatoms. The van der Waals surface area contributed by atoms with Crippen LogP contribution in [-0.2, 0) is 0 Å². The average molecular weight is 356 g/mol. The molecule has 1 aromatic heterocycles. The molecule has 3 nitrogen and oxygen atoms in total. The van der Waals surface area contributed by atoms with Gasteiger partial charge in [0.2, 0.25) is 0 Å². The molecule has 0 bridgehead atoms. The van der Waals surface area contributed by atoms with Crippen LogP contribution in [0, 0.1) is 0 Å². The zero-order valence-electron chi connectivity index (χ0n) is 11.5. The zero-order chi connectivity index (χ0) is 14.5. The van der Waals surface area contributed by atoms with Gasteiger partial charge in [-0.1, -0.05) is 13.0 Å². The predicted molar refractivity (Wildman–Crippen MR) is 86.6 cm³/mol. The highest BCUT2D eigenvalue weighted by atomic mass is 79.9. The maximum absolute atomic E-state index is 6.20. The molecule has 0 radical (unpaired) electrons. The minimum atomic E-state index is -0.135. The quantitative estimate of drug-likeness (QED) is 0.836. The Hall–Kier alpha value is -1.04. The Bertz CT molecular complexity index is 545. The molecule has 0 amide bonds. The molecule has 0 saturated heterocycles. The molecule has 2 N–H and O–H groups in total. The van der Waals surface area contributed by atoms with Crippen LogP contribution in [0.15, 0.2) is 40.2 Å². The van der Waals surface area contributed by atoms with E-state index in [9.17, 15) is 0 Å². The fraction of sp³-hybridized carbons (Fsp3) is 0.333. The van der Waals surface area contributed by atoms with Crippen LogP contribution in [0.25, 0.3) is 0 Å². The largest absolute Gasteiger partial charge is 0.497 e. The molecular formula is C15H18BrNO2S. The number of hydrogen-bond acceptors (Lipinski definition) is 4. The molecule has 2 unspecified atom stereocenters. The number of nitrogens with two attached hydrogens (primary N) is 1. The van der Waals surface area contributed by atoms with Gasteiger partial charge in [-0.05, 0) is 52.0 Å². The summed E-state index contributed by atoms with van der Waals surface area (Å²) in [6.07, 6.45) is 0.723. The van der Waals surface area contributed by atoms with Crippen molar-refractivity contribution in [3.05, 3.63) is 45.1 Å². The first-order valence-corrected chi connectivity index (χ1v) is 8.12. The van der Waals surface area contributed by atoms with Crippen molar-refractivity contribution in [2.75, 3.05) is 7.11 Å². The molecule has 108 valence electrons. The Morgan fingerprint density at radius 1 is 1.35 bits per heavy atom. The summed E-state index contributed by atoms with van der Waals surface area (Å²) in [6.45, 7) is 2.07. The van der Waals surface area contributed by atoms with Gasteiger partial charge in [0.1, 0.15) is 17.6 Å². The third-order valence-corrected chi connectivity index (χ3v) is 4.63. The van der Waals surface area contributed by atoms with E-state index >= 15 is 0 Å². The second kappa shape index (κ2) is 7.11. The van der Waals surface area contributed by atoms with Crippen LogP contribution in [0.3, 0.4) is 0 Å². The molecule has 1 aromatic carbocycles. The molecule has 2 aromatic rings. The lowest BCUT2D eigenvalue weighted by Gasteiger charge is -2.24. The van der Waals surface area contributed by atoms with Crippen molar-refractivity contribution in [1.29, 1.82) is 0 Å². The molecule has 0 spiro atoms. The molecule has 0 aliphatic heterocycles. The van der Waals surface area contributed by atoms with E-state index in [0.717, 1.165) is 27.3 Å². The Balaban J connectivity index is 2.24. The summed E-state index contributed by atoms with van der Waals surface area (Å²) in [5.41, 5.74) is 6.20. The van der Waals surface area contributed by atoms with E-state index < -0.39 is 0 Å². The van der Waals surface area contributed by atoms with Crippen LogP contribution in [-0.4, -0.2) is 13.2 Å². The highest BCUT2D eigenvalue weighted by Gasteiger charge is 2.22. The van der Waals surface area contributed by atoms with Crippen molar-refractivity contribution >= 4 is 27.3 Å². The van der Waals surface area contributed by atoms with Gasteiger partial charge in [0.15, 0.2) is 0 Å². The second-order valence-electron chi connectivity index (χ2n) is 4.42. The summed E-state index contributed by atoms with van der Waals surface area (Å²) in [4.78, 5) is 1.14. The van der Waals surface area contributed by atoms with Crippen molar-refractivity contribution in [2.24, 2.45) is 5.73 Å². The summed E-state index contributed by atoms with van der Waals surface area (Å²) < 4.78 is 12.2. The number of hydrogen-bond donors (Lipinski definition) is 1. The van der Waals surface area contributed by atoms with E-state index in [2.05, 4.69) is 28.9 Å². The van der Waals surface area contributed by atoms with E-state index in [-0.39, 0.29) is 12.1 Å². The van der Waals surface area contributed by atoms with Gasteiger partial charge in [-0.2, -0.15) is 0 Å². The first-order chi connectivity index (χ1) is 9.65. The maximum atomic E-state index is 6.20. The normalized spacial score (nSPS) is 13.8. The smallest absolute Gasteiger partial charge is 0.148 e. The van der Waals surface area contributed by atoms with E-state index in [1.807, 2.05) is 29.6 Å². The second-order valence-corrected chi connectivity index (χ2v) is 6.26. The Labute approximate surface area is 131 Å². The third kappa shape index (κ3) is 3.53. The molecule has 2 atom stereocenters. The van der Waals surface area contributed by atoms with Crippen molar-refractivity contribution in [3.63, 3.8) is 0 Å². The molecule has 20 heavy (non-hydrogen) atoms. The summed E-state index contributed by atoms with van der Waals surface area (Å²) in [7, 11) is 1.64. The lowest BCUT2D eigenvalue weighted by Crippen LogP contribution is -2.31. The topological polar surface area (TPSA) is 44.5 Å². The van der Waals surface area contributed by atoms with Crippen LogP contribution < -0.4 is 15.2 Å². The first kappa shape index (κ1) is 15.4. The van der Waals surface area contributed by atoms with Gasteiger partial charge in [0.25, 0.3) is 0 Å². The Kier molecular flexibility index (Phi) is 5.46. The van der Waals surface area contributed by atoms with E-state index in [4.69, 9.17) is 15.2 Å². The third-order valence-electron chi connectivity index (χ3n) is 3.08. The zero-order valence-corrected chi connectivity index (χ0v) is 13.9. The lowest BCUT2D eigenvalue weighted by molar-refractivity contribution is 0.173. The molecule has 1 heterocycles. The van der Waals surface area contributed by atoms with Crippen molar-refractivity contribution in [3.8, 4) is 11.5 Å². The molecule has 2 rings (SSSR count). The number of benzene rings is 1. The van der Waals surface area contributed by atoms with Crippen LogP contribution >= 0.6 is 27.3 Å². The fourth-order valence-corrected chi connectivity index (χ4v) is 3.14. The van der Waals surface area contributed by atoms with Crippen molar-refractivity contribution in [2.45, 2.75) is 25.5 Å². The summed E-state index contributed by atoms with van der Waals surface area (Å²) >= 11 is 5.17. The number of methoxy groups -OCH3 is 1. The summed E-state index contributed by atoms with van der Waals surface area (Å²) in [5.74, 6) is 1.56. The minimum absolute atomic E-state index is 0.0392. The van der Waals surface area contributed by atoms with Crippen molar-refractivity contribution < 1.29 is 9.47 Å². The summed E-state index contributed by atoms with van der Waals surface area (Å²) in [6, 6.07) is 9.69. The number of rotatable bonds is 6. The van der Waals surface area contributed by atoms with E-state index in [1.54, 1.807) is 18.4 Å². The van der Waals surface area contributed by atoms with Crippen LogP contribution in [0.4, 0.5) is 0 Å². The van der Waals surface area contributed by atoms with Gasteiger partial charge in [0, 0.05) is 10.9 Å². The highest BCUT2D eigenvalue weighted by molar-refractivity contribution is 9.10. The highest BCUT2D eigenvalue weighted by Crippen LogP contribution is 2.34. The molecule has 0 fully saturated rings. The Morgan fingerprint density at radius 2 is 2.15 bits per heavy atom.